The Morgan fingerprint density at radius 1 is 1.48 bits per heavy atom. The number of rotatable bonds is 3. The Morgan fingerprint density at radius 3 is 2.87 bits per heavy atom. The first kappa shape index (κ1) is 15.4. The molecule has 23 heavy (non-hydrogen) atoms. The van der Waals surface area contributed by atoms with E-state index in [1.807, 2.05) is 19.9 Å². The summed E-state index contributed by atoms with van der Waals surface area (Å²) in [6.45, 7) is 5.01. The quantitative estimate of drug-likeness (QED) is 0.882. The lowest BCUT2D eigenvalue weighted by Gasteiger charge is -2.30. The number of ether oxygens (including phenoxy) is 1. The van der Waals surface area contributed by atoms with Crippen LogP contribution in [0, 0.1) is 16.7 Å². The van der Waals surface area contributed by atoms with Crippen molar-refractivity contribution in [3.63, 3.8) is 0 Å². The summed E-state index contributed by atoms with van der Waals surface area (Å²) in [5.74, 6) is 0.286. The predicted octanol–water partition coefficient (Wildman–Crippen LogP) is 0.708. The number of aromatic nitrogens is 4. The highest BCUT2D eigenvalue weighted by Gasteiger charge is 2.33. The second-order valence-corrected chi connectivity index (χ2v) is 7.83. The number of sulfonamides is 1. The molecular formula is C13H16N6O3S. The monoisotopic (exact) mass is 336 g/mol. The smallest absolute Gasteiger partial charge is 0.270 e. The van der Waals surface area contributed by atoms with Gasteiger partial charge in [-0.25, -0.2) is 13.1 Å². The Balaban J connectivity index is 1.92. The molecule has 10 heteroatoms. The Morgan fingerprint density at radius 2 is 2.22 bits per heavy atom. The standard InChI is InChI=1S/C13H16N6O3S/c1-13(2)7-19-12(22-8-13)10(6-15-19)23(20,21)17-11-4-9(5-14)18(3)16-11/h4,6H,7-8H2,1-3H3,(H,16,17). The average Bonchev–Trinajstić information content (AvgIpc) is 3.00. The number of fused-ring (bicyclic) bond motifs is 1. The molecule has 1 aliphatic heterocycles. The van der Waals surface area contributed by atoms with Crippen molar-refractivity contribution in [1.82, 2.24) is 19.6 Å². The summed E-state index contributed by atoms with van der Waals surface area (Å²) in [6, 6.07) is 3.28. The molecule has 122 valence electrons. The van der Waals surface area contributed by atoms with Gasteiger partial charge in [-0.05, 0) is 0 Å². The van der Waals surface area contributed by atoms with Crippen LogP contribution in [0.4, 0.5) is 5.82 Å². The van der Waals surface area contributed by atoms with Gasteiger partial charge in [0.1, 0.15) is 11.8 Å². The van der Waals surface area contributed by atoms with E-state index in [-0.39, 0.29) is 27.7 Å². The maximum absolute atomic E-state index is 12.5. The van der Waals surface area contributed by atoms with Gasteiger partial charge < -0.3 is 4.74 Å². The second kappa shape index (κ2) is 4.99. The maximum atomic E-state index is 12.5. The molecule has 0 radical (unpaired) electrons. The van der Waals surface area contributed by atoms with Gasteiger partial charge in [0.25, 0.3) is 10.0 Å². The molecular weight excluding hydrogens is 320 g/mol. The fourth-order valence-corrected chi connectivity index (χ4v) is 3.39. The predicted molar refractivity (Wildman–Crippen MR) is 80.2 cm³/mol. The lowest BCUT2D eigenvalue weighted by Crippen LogP contribution is -2.33. The summed E-state index contributed by atoms with van der Waals surface area (Å²) in [7, 11) is -2.35. The van der Waals surface area contributed by atoms with Crippen LogP contribution < -0.4 is 9.46 Å². The number of hydrogen-bond acceptors (Lipinski definition) is 6. The molecule has 0 fully saturated rings. The highest BCUT2D eigenvalue weighted by atomic mass is 32.2. The zero-order valence-corrected chi connectivity index (χ0v) is 13.8. The van der Waals surface area contributed by atoms with Gasteiger partial charge in [-0.3, -0.25) is 9.40 Å². The summed E-state index contributed by atoms with van der Waals surface area (Å²) < 4.78 is 35.8. The Hall–Kier alpha value is -2.54. The molecule has 0 amide bonds. The SMILES string of the molecule is Cn1nc(NS(=O)(=O)c2cnn3c2OCC(C)(C)C3)cc1C#N. The summed E-state index contributed by atoms with van der Waals surface area (Å²) in [6.07, 6.45) is 1.26. The average molecular weight is 336 g/mol. The van der Waals surface area contributed by atoms with Crippen LogP contribution in [0.5, 0.6) is 5.88 Å². The van der Waals surface area contributed by atoms with Crippen LogP contribution in [0.15, 0.2) is 17.2 Å². The Bertz CT molecular complexity index is 903. The first-order valence-electron chi connectivity index (χ1n) is 6.87. The van der Waals surface area contributed by atoms with Crippen molar-refractivity contribution in [2.24, 2.45) is 12.5 Å². The van der Waals surface area contributed by atoms with Gasteiger partial charge in [-0.1, -0.05) is 13.8 Å². The highest BCUT2D eigenvalue weighted by molar-refractivity contribution is 7.92. The number of anilines is 1. The number of nitrogens with one attached hydrogen (secondary N) is 1. The molecule has 0 spiro atoms. The van der Waals surface area contributed by atoms with E-state index >= 15 is 0 Å². The van der Waals surface area contributed by atoms with Crippen molar-refractivity contribution < 1.29 is 13.2 Å². The Kier molecular flexibility index (Phi) is 3.33. The zero-order valence-electron chi connectivity index (χ0n) is 12.9. The first-order valence-corrected chi connectivity index (χ1v) is 8.36. The van der Waals surface area contributed by atoms with Crippen molar-refractivity contribution in [2.45, 2.75) is 25.3 Å². The molecule has 0 atom stereocenters. The maximum Gasteiger partial charge on any atom is 0.270 e. The molecule has 9 nitrogen and oxygen atoms in total. The van der Waals surface area contributed by atoms with E-state index in [1.54, 1.807) is 7.05 Å². The fourth-order valence-electron chi connectivity index (χ4n) is 2.33. The molecule has 3 heterocycles. The lowest BCUT2D eigenvalue weighted by atomic mass is 9.94. The molecule has 3 rings (SSSR count). The van der Waals surface area contributed by atoms with Gasteiger partial charge in [-0.2, -0.15) is 15.5 Å². The highest BCUT2D eigenvalue weighted by Crippen LogP contribution is 2.33. The second-order valence-electron chi connectivity index (χ2n) is 6.18. The summed E-state index contributed by atoms with van der Waals surface area (Å²) in [4.78, 5) is -0.0443. The summed E-state index contributed by atoms with van der Waals surface area (Å²) in [5, 5.41) is 16.9. The normalized spacial score (nSPS) is 16.3. The number of hydrogen-bond donors (Lipinski definition) is 1. The van der Waals surface area contributed by atoms with E-state index in [4.69, 9.17) is 10.00 Å². The molecule has 0 unspecified atom stereocenters. The zero-order chi connectivity index (χ0) is 16.8. The number of nitriles is 1. The minimum absolute atomic E-state index is 0.0443. The number of aryl methyl sites for hydroxylation is 1. The molecule has 0 aromatic carbocycles. The molecule has 0 bridgehead atoms. The third-order valence-corrected chi connectivity index (χ3v) is 4.80. The van der Waals surface area contributed by atoms with E-state index < -0.39 is 10.0 Å². The van der Waals surface area contributed by atoms with Crippen molar-refractivity contribution in [1.29, 1.82) is 5.26 Å². The van der Waals surface area contributed by atoms with Crippen LogP contribution in [0.3, 0.4) is 0 Å². The fraction of sp³-hybridized carbons (Fsp3) is 0.462. The Labute approximate surface area is 133 Å². The third-order valence-electron chi connectivity index (χ3n) is 3.46. The van der Waals surface area contributed by atoms with E-state index in [1.165, 1.54) is 21.6 Å². The van der Waals surface area contributed by atoms with Gasteiger partial charge >= 0.3 is 0 Å². The van der Waals surface area contributed by atoms with Gasteiger partial charge in [0.05, 0.1) is 19.3 Å². The van der Waals surface area contributed by atoms with Crippen LogP contribution in [0.25, 0.3) is 0 Å². The van der Waals surface area contributed by atoms with Crippen LogP contribution >= 0.6 is 0 Å². The van der Waals surface area contributed by atoms with E-state index in [0.29, 0.717) is 13.2 Å². The summed E-state index contributed by atoms with van der Waals surface area (Å²) in [5.41, 5.74) is 0.133. The van der Waals surface area contributed by atoms with Crippen LogP contribution in [0.2, 0.25) is 0 Å². The van der Waals surface area contributed by atoms with Crippen LogP contribution in [0.1, 0.15) is 19.5 Å². The van der Waals surface area contributed by atoms with Crippen molar-refractivity contribution in [2.75, 3.05) is 11.3 Å². The first-order chi connectivity index (χ1) is 10.7. The van der Waals surface area contributed by atoms with Crippen molar-refractivity contribution in [3.8, 4) is 11.9 Å². The van der Waals surface area contributed by atoms with Gasteiger partial charge in [0.2, 0.25) is 5.88 Å². The topological polar surface area (TPSA) is 115 Å². The van der Waals surface area contributed by atoms with E-state index in [2.05, 4.69) is 14.9 Å². The van der Waals surface area contributed by atoms with E-state index in [9.17, 15) is 8.42 Å². The minimum Gasteiger partial charge on any atom is -0.476 e. The summed E-state index contributed by atoms with van der Waals surface area (Å²) >= 11 is 0. The molecule has 2 aromatic rings. The van der Waals surface area contributed by atoms with Gasteiger partial charge in [0, 0.05) is 18.5 Å². The van der Waals surface area contributed by atoms with Crippen molar-refractivity contribution in [3.05, 3.63) is 18.0 Å². The van der Waals surface area contributed by atoms with E-state index in [0.717, 1.165) is 0 Å². The molecule has 0 saturated carbocycles. The largest absolute Gasteiger partial charge is 0.476 e. The lowest BCUT2D eigenvalue weighted by molar-refractivity contribution is 0.0971. The van der Waals surface area contributed by atoms with Crippen molar-refractivity contribution >= 4 is 15.8 Å². The minimum atomic E-state index is -3.90. The number of nitrogens with zero attached hydrogens (tertiary/aromatic N) is 5. The molecule has 1 aliphatic rings. The molecule has 0 saturated heterocycles. The van der Waals surface area contributed by atoms with Crippen LogP contribution in [-0.2, 0) is 23.6 Å². The van der Waals surface area contributed by atoms with Gasteiger partial charge in [0.15, 0.2) is 10.7 Å². The molecule has 1 N–H and O–H groups in total. The van der Waals surface area contributed by atoms with Crippen LogP contribution in [-0.4, -0.2) is 34.6 Å². The third kappa shape index (κ3) is 2.75. The molecule has 0 aliphatic carbocycles. The molecule has 2 aromatic heterocycles. The van der Waals surface area contributed by atoms with Gasteiger partial charge in [-0.15, -0.1) is 0 Å².